The number of halogens is 2. The summed E-state index contributed by atoms with van der Waals surface area (Å²) >= 11 is 9.40. The van der Waals surface area contributed by atoms with Gasteiger partial charge in [0, 0.05) is 21.8 Å². The fourth-order valence-electron chi connectivity index (χ4n) is 1.57. The first-order chi connectivity index (χ1) is 9.49. The van der Waals surface area contributed by atoms with Crippen molar-refractivity contribution >= 4 is 33.4 Å². The van der Waals surface area contributed by atoms with Crippen LogP contribution in [0.5, 0.6) is 11.6 Å². The Labute approximate surface area is 129 Å². The fourth-order valence-corrected chi connectivity index (χ4v) is 2.28. The molecule has 7 heteroatoms. The van der Waals surface area contributed by atoms with Crippen molar-refractivity contribution in [2.75, 3.05) is 0 Å². The molecule has 0 atom stereocenters. The lowest BCUT2D eigenvalue weighted by Crippen LogP contribution is -2.13. The Hall–Kier alpha value is -1.79. The molecule has 0 bridgehead atoms. The minimum Gasteiger partial charge on any atom is -0.437 e. The second-order valence-corrected chi connectivity index (χ2v) is 5.32. The van der Waals surface area contributed by atoms with Gasteiger partial charge in [0.2, 0.25) is 5.88 Å². The first kappa shape index (κ1) is 14.6. The molecule has 3 N–H and O–H groups in total. The first-order valence-corrected chi connectivity index (χ1v) is 6.76. The smallest absolute Gasteiger partial charge is 0.220 e. The molecule has 0 aliphatic heterocycles. The molecule has 2 rings (SSSR count). The summed E-state index contributed by atoms with van der Waals surface area (Å²) in [6.45, 7) is 1.78. The molecule has 1 aromatic heterocycles. The maximum Gasteiger partial charge on any atom is 0.220 e. The highest BCUT2D eigenvalue weighted by molar-refractivity contribution is 9.10. The monoisotopic (exact) mass is 355 g/mol. The Kier molecular flexibility index (Phi) is 4.46. The van der Waals surface area contributed by atoms with E-state index < -0.39 is 0 Å². The van der Waals surface area contributed by atoms with E-state index in [9.17, 15) is 0 Å². The van der Waals surface area contributed by atoms with Crippen LogP contribution in [0.3, 0.4) is 0 Å². The van der Waals surface area contributed by atoms with E-state index in [1.807, 2.05) is 6.07 Å². The molecule has 0 spiro atoms. The predicted octanol–water partition coefficient (Wildman–Crippen LogP) is 3.69. The molecule has 2 aromatic rings. The molecule has 0 amide bonds. The molecule has 20 heavy (non-hydrogen) atoms. The number of ether oxygens (including phenoxy) is 1. The van der Waals surface area contributed by atoms with Crippen molar-refractivity contribution in [3.63, 3.8) is 0 Å². The van der Waals surface area contributed by atoms with Crippen LogP contribution < -0.4 is 10.5 Å². The number of nitrogens with zero attached hydrogens (tertiary/aromatic N) is 2. The van der Waals surface area contributed by atoms with Crippen molar-refractivity contribution in [2.45, 2.75) is 6.92 Å². The van der Waals surface area contributed by atoms with Crippen molar-refractivity contribution in [3.05, 3.63) is 51.1 Å². The van der Waals surface area contributed by atoms with Crippen molar-refractivity contribution in [3.8, 4) is 11.6 Å². The molecule has 0 radical (unpaired) electrons. The topological polar surface area (TPSA) is 80.7 Å². The van der Waals surface area contributed by atoms with E-state index in [2.05, 4.69) is 26.1 Å². The molecular formula is C13H11BrClN3O2. The Bertz CT molecular complexity index is 677. The Morgan fingerprint density at radius 1 is 1.40 bits per heavy atom. The van der Waals surface area contributed by atoms with Gasteiger partial charge in [0.15, 0.2) is 5.84 Å². The second kappa shape index (κ2) is 6.11. The van der Waals surface area contributed by atoms with Gasteiger partial charge in [-0.2, -0.15) is 0 Å². The number of hydrogen-bond acceptors (Lipinski definition) is 4. The standard InChI is InChI=1S/C13H11BrClN3O2/c1-7-4-8(13(16)18-19)5-12(17-7)20-11-3-2-9(14)6-10(11)15/h2-6,19H,1H3,(H2,16,18). The highest BCUT2D eigenvalue weighted by Gasteiger charge is 2.08. The molecular weight excluding hydrogens is 346 g/mol. The molecule has 0 saturated carbocycles. The van der Waals surface area contributed by atoms with E-state index in [0.717, 1.165) is 4.47 Å². The van der Waals surface area contributed by atoms with Crippen LogP contribution in [0.25, 0.3) is 0 Å². The molecule has 5 nitrogen and oxygen atoms in total. The quantitative estimate of drug-likeness (QED) is 0.380. The van der Waals surface area contributed by atoms with Crippen LogP contribution >= 0.6 is 27.5 Å². The van der Waals surface area contributed by atoms with Crippen molar-refractivity contribution in [1.29, 1.82) is 0 Å². The van der Waals surface area contributed by atoms with Gasteiger partial charge in [0.1, 0.15) is 5.75 Å². The van der Waals surface area contributed by atoms with Gasteiger partial charge in [-0.3, -0.25) is 0 Å². The number of oxime groups is 1. The van der Waals surface area contributed by atoms with E-state index >= 15 is 0 Å². The van der Waals surface area contributed by atoms with Crippen LogP contribution in [0.4, 0.5) is 0 Å². The SMILES string of the molecule is Cc1cc(/C(N)=N/O)cc(Oc2ccc(Br)cc2Cl)n1. The summed E-state index contributed by atoms with van der Waals surface area (Å²) in [6.07, 6.45) is 0. The molecule has 1 aromatic carbocycles. The number of benzene rings is 1. The summed E-state index contributed by atoms with van der Waals surface area (Å²) in [5.74, 6) is 0.775. The summed E-state index contributed by atoms with van der Waals surface area (Å²) < 4.78 is 6.48. The summed E-state index contributed by atoms with van der Waals surface area (Å²) in [5.41, 5.74) is 6.75. The highest BCUT2D eigenvalue weighted by atomic mass is 79.9. The van der Waals surface area contributed by atoms with Gasteiger partial charge in [0.25, 0.3) is 0 Å². The van der Waals surface area contributed by atoms with Crippen molar-refractivity contribution in [2.24, 2.45) is 10.9 Å². The third kappa shape index (κ3) is 3.40. The zero-order valence-electron chi connectivity index (χ0n) is 10.5. The Balaban J connectivity index is 2.36. The Morgan fingerprint density at radius 2 is 2.15 bits per heavy atom. The molecule has 0 saturated heterocycles. The van der Waals surface area contributed by atoms with Crippen LogP contribution in [-0.4, -0.2) is 16.0 Å². The van der Waals surface area contributed by atoms with Gasteiger partial charge in [-0.1, -0.05) is 32.7 Å². The van der Waals surface area contributed by atoms with E-state index in [1.54, 1.807) is 31.2 Å². The average molecular weight is 357 g/mol. The molecule has 0 fully saturated rings. The van der Waals surface area contributed by atoms with Crippen LogP contribution in [0, 0.1) is 6.92 Å². The minimum atomic E-state index is -0.0118. The highest BCUT2D eigenvalue weighted by Crippen LogP contribution is 2.31. The number of hydrogen-bond donors (Lipinski definition) is 2. The van der Waals surface area contributed by atoms with Gasteiger partial charge < -0.3 is 15.7 Å². The number of amidine groups is 1. The maximum absolute atomic E-state index is 8.71. The lowest BCUT2D eigenvalue weighted by Gasteiger charge is -2.09. The van der Waals surface area contributed by atoms with Crippen LogP contribution in [0.1, 0.15) is 11.3 Å². The minimum absolute atomic E-state index is 0.0118. The normalized spacial score (nSPS) is 11.4. The second-order valence-electron chi connectivity index (χ2n) is 4.00. The maximum atomic E-state index is 8.71. The zero-order valence-corrected chi connectivity index (χ0v) is 12.8. The third-order valence-electron chi connectivity index (χ3n) is 2.44. The van der Waals surface area contributed by atoms with Gasteiger partial charge in [-0.25, -0.2) is 4.98 Å². The predicted molar refractivity (Wildman–Crippen MR) is 80.7 cm³/mol. The summed E-state index contributed by atoms with van der Waals surface area (Å²) in [7, 11) is 0. The largest absolute Gasteiger partial charge is 0.437 e. The van der Waals surface area contributed by atoms with E-state index in [4.69, 9.17) is 27.3 Å². The van der Waals surface area contributed by atoms with Crippen LogP contribution in [0.15, 0.2) is 40.0 Å². The summed E-state index contributed by atoms with van der Waals surface area (Å²) in [4.78, 5) is 4.22. The zero-order chi connectivity index (χ0) is 14.7. The van der Waals surface area contributed by atoms with Gasteiger partial charge in [-0.05, 0) is 31.2 Å². The lowest BCUT2D eigenvalue weighted by atomic mass is 10.2. The van der Waals surface area contributed by atoms with E-state index in [0.29, 0.717) is 27.9 Å². The number of aryl methyl sites for hydroxylation is 1. The third-order valence-corrected chi connectivity index (χ3v) is 3.23. The summed E-state index contributed by atoms with van der Waals surface area (Å²) in [6, 6.07) is 8.50. The van der Waals surface area contributed by atoms with Crippen LogP contribution in [0.2, 0.25) is 5.02 Å². The molecule has 1 heterocycles. The van der Waals surface area contributed by atoms with Crippen LogP contribution in [-0.2, 0) is 0 Å². The average Bonchev–Trinajstić information content (AvgIpc) is 2.40. The van der Waals surface area contributed by atoms with E-state index in [1.165, 1.54) is 0 Å². The number of rotatable bonds is 3. The number of pyridine rings is 1. The van der Waals surface area contributed by atoms with Crippen molar-refractivity contribution < 1.29 is 9.94 Å². The number of aromatic nitrogens is 1. The molecule has 0 unspecified atom stereocenters. The van der Waals surface area contributed by atoms with E-state index in [-0.39, 0.29) is 5.84 Å². The van der Waals surface area contributed by atoms with Gasteiger partial charge in [-0.15, -0.1) is 0 Å². The summed E-state index contributed by atoms with van der Waals surface area (Å²) in [5, 5.41) is 12.1. The molecule has 0 aliphatic rings. The fraction of sp³-hybridized carbons (Fsp3) is 0.0769. The van der Waals surface area contributed by atoms with Gasteiger partial charge >= 0.3 is 0 Å². The van der Waals surface area contributed by atoms with Crippen molar-refractivity contribution in [1.82, 2.24) is 4.98 Å². The molecule has 0 aliphatic carbocycles. The Morgan fingerprint density at radius 3 is 2.80 bits per heavy atom. The number of nitrogens with two attached hydrogens (primary N) is 1. The lowest BCUT2D eigenvalue weighted by molar-refractivity contribution is 0.318. The first-order valence-electron chi connectivity index (χ1n) is 5.59. The molecule has 104 valence electrons. The van der Waals surface area contributed by atoms with Gasteiger partial charge in [0.05, 0.1) is 5.02 Å².